The summed E-state index contributed by atoms with van der Waals surface area (Å²) in [5.41, 5.74) is 3.33. The molecule has 3 heteroatoms. The zero-order valence-electron chi connectivity index (χ0n) is 8.00. The first-order valence-corrected chi connectivity index (χ1v) is 4.50. The van der Waals surface area contributed by atoms with Crippen LogP contribution in [0.4, 0.5) is 0 Å². The number of furan rings is 2. The number of hydrogen-bond acceptors (Lipinski definition) is 3. The molecule has 3 rings (SSSR count). The van der Waals surface area contributed by atoms with Gasteiger partial charge in [-0.15, -0.1) is 0 Å². The lowest BCUT2D eigenvalue weighted by Crippen LogP contribution is -1.72. The van der Waals surface area contributed by atoms with Crippen LogP contribution in [0.3, 0.4) is 0 Å². The molecule has 14 heavy (non-hydrogen) atoms. The summed E-state index contributed by atoms with van der Waals surface area (Å²) >= 11 is 0. The first-order valence-electron chi connectivity index (χ1n) is 4.50. The van der Waals surface area contributed by atoms with Crippen molar-refractivity contribution in [3.8, 4) is 0 Å². The molecule has 0 saturated carbocycles. The smallest absolute Gasteiger partial charge is 0.156 e. The predicted octanol–water partition coefficient (Wildman–Crippen LogP) is 3.19. The lowest BCUT2D eigenvalue weighted by Gasteiger charge is -1.87. The van der Waals surface area contributed by atoms with E-state index < -0.39 is 0 Å². The maximum absolute atomic E-state index is 5.46. The Balaban J connectivity index is 2.49. The fourth-order valence-corrected chi connectivity index (χ4v) is 1.67. The van der Waals surface area contributed by atoms with Gasteiger partial charge in [-0.3, -0.25) is 0 Å². The maximum Gasteiger partial charge on any atom is 0.156 e. The Morgan fingerprint density at radius 2 is 1.36 bits per heavy atom. The Labute approximate surface area is 80.3 Å². The van der Waals surface area contributed by atoms with Crippen LogP contribution in [0.1, 0.15) is 11.5 Å². The Bertz CT molecular complexity index is 516. The minimum Gasteiger partial charge on any atom is -0.460 e. The van der Waals surface area contributed by atoms with Crippen molar-refractivity contribution in [2.24, 2.45) is 0 Å². The number of nitrogens with zero attached hydrogens (tertiary/aromatic N) is 1. The van der Waals surface area contributed by atoms with Crippen LogP contribution >= 0.6 is 0 Å². The van der Waals surface area contributed by atoms with Gasteiger partial charge >= 0.3 is 0 Å². The molecule has 70 valence electrons. The first-order chi connectivity index (χ1) is 6.72. The normalized spacial score (nSPS) is 11.6. The monoisotopic (exact) mass is 187 g/mol. The van der Waals surface area contributed by atoms with Gasteiger partial charge in [-0.05, 0) is 13.8 Å². The molecule has 0 aliphatic rings. The number of fused-ring (bicyclic) bond motifs is 2. The molecule has 3 aromatic heterocycles. The van der Waals surface area contributed by atoms with Crippen molar-refractivity contribution in [1.29, 1.82) is 0 Å². The Morgan fingerprint density at radius 1 is 0.857 bits per heavy atom. The van der Waals surface area contributed by atoms with E-state index in [1.165, 1.54) is 0 Å². The van der Waals surface area contributed by atoms with Crippen LogP contribution in [-0.4, -0.2) is 4.98 Å². The minimum absolute atomic E-state index is 0.782. The highest BCUT2D eigenvalue weighted by atomic mass is 16.3. The van der Waals surface area contributed by atoms with E-state index in [1.807, 2.05) is 32.0 Å². The third-order valence-electron chi connectivity index (χ3n) is 2.23. The van der Waals surface area contributed by atoms with E-state index in [9.17, 15) is 0 Å². The SMILES string of the molecule is Cc1cc2nc3cc(C)oc3cc2o1. The average molecular weight is 187 g/mol. The zero-order chi connectivity index (χ0) is 9.71. The van der Waals surface area contributed by atoms with Gasteiger partial charge in [-0.2, -0.15) is 0 Å². The molecule has 0 saturated heterocycles. The van der Waals surface area contributed by atoms with E-state index in [4.69, 9.17) is 8.83 Å². The second-order valence-corrected chi connectivity index (χ2v) is 3.47. The van der Waals surface area contributed by atoms with Gasteiger partial charge in [0.25, 0.3) is 0 Å². The first kappa shape index (κ1) is 7.62. The van der Waals surface area contributed by atoms with E-state index in [-0.39, 0.29) is 0 Å². The molecule has 0 aromatic carbocycles. The molecule has 3 heterocycles. The fraction of sp³-hybridized carbons (Fsp3) is 0.182. The molecule has 0 aliphatic heterocycles. The molecular weight excluding hydrogens is 178 g/mol. The van der Waals surface area contributed by atoms with Crippen molar-refractivity contribution in [2.45, 2.75) is 13.8 Å². The van der Waals surface area contributed by atoms with Crippen LogP contribution in [0.5, 0.6) is 0 Å². The summed E-state index contributed by atoms with van der Waals surface area (Å²) in [5.74, 6) is 1.74. The van der Waals surface area contributed by atoms with Gasteiger partial charge in [0.15, 0.2) is 11.2 Å². The molecule has 3 aromatic rings. The zero-order valence-corrected chi connectivity index (χ0v) is 8.00. The Kier molecular flexibility index (Phi) is 1.29. The van der Waals surface area contributed by atoms with Gasteiger partial charge in [0, 0.05) is 18.2 Å². The summed E-state index contributed by atoms with van der Waals surface area (Å²) in [6, 6.07) is 5.74. The predicted molar refractivity (Wildman–Crippen MR) is 53.3 cm³/mol. The molecule has 0 unspecified atom stereocenters. The van der Waals surface area contributed by atoms with Crippen molar-refractivity contribution in [3.63, 3.8) is 0 Å². The lowest BCUT2D eigenvalue weighted by atomic mass is 10.3. The van der Waals surface area contributed by atoms with E-state index in [1.54, 1.807) is 0 Å². The summed E-state index contributed by atoms with van der Waals surface area (Å²) in [7, 11) is 0. The quantitative estimate of drug-likeness (QED) is 0.542. The molecule has 0 amide bonds. The molecule has 0 bridgehead atoms. The van der Waals surface area contributed by atoms with E-state index in [0.717, 1.165) is 33.7 Å². The molecule has 0 fully saturated rings. The van der Waals surface area contributed by atoms with Gasteiger partial charge in [0.05, 0.1) is 0 Å². The molecule has 0 atom stereocenters. The molecule has 0 radical (unpaired) electrons. The number of pyridine rings is 1. The largest absolute Gasteiger partial charge is 0.460 e. The summed E-state index contributed by atoms with van der Waals surface area (Å²) in [5, 5.41) is 0. The number of aromatic nitrogens is 1. The van der Waals surface area contributed by atoms with Crippen LogP contribution in [0.25, 0.3) is 22.2 Å². The molecule has 3 nitrogen and oxygen atoms in total. The van der Waals surface area contributed by atoms with Crippen LogP contribution in [0.2, 0.25) is 0 Å². The highest BCUT2D eigenvalue weighted by Gasteiger charge is 2.07. The van der Waals surface area contributed by atoms with Gasteiger partial charge in [0.2, 0.25) is 0 Å². The van der Waals surface area contributed by atoms with Crippen LogP contribution < -0.4 is 0 Å². The third kappa shape index (κ3) is 0.954. The van der Waals surface area contributed by atoms with Gasteiger partial charge in [0.1, 0.15) is 22.6 Å². The third-order valence-corrected chi connectivity index (χ3v) is 2.23. The summed E-state index contributed by atoms with van der Waals surface area (Å²) in [6.07, 6.45) is 0. The van der Waals surface area contributed by atoms with Crippen LogP contribution in [0, 0.1) is 13.8 Å². The second kappa shape index (κ2) is 2.38. The average Bonchev–Trinajstić information content (AvgIpc) is 2.59. The number of hydrogen-bond donors (Lipinski definition) is 0. The van der Waals surface area contributed by atoms with Crippen LogP contribution in [-0.2, 0) is 0 Å². The summed E-state index contributed by atoms with van der Waals surface area (Å²) in [6.45, 7) is 3.82. The number of aryl methyl sites for hydroxylation is 2. The number of rotatable bonds is 0. The van der Waals surface area contributed by atoms with E-state index in [0.29, 0.717) is 0 Å². The van der Waals surface area contributed by atoms with Crippen molar-refractivity contribution in [3.05, 3.63) is 29.7 Å². The highest BCUT2D eigenvalue weighted by molar-refractivity contribution is 5.87. The van der Waals surface area contributed by atoms with E-state index in [2.05, 4.69) is 4.98 Å². The van der Waals surface area contributed by atoms with Gasteiger partial charge in [-0.1, -0.05) is 0 Å². The molecular formula is C11H9NO2. The summed E-state index contributed by atoms with van der Waals surface area (Å²) in [4.78, 5) is 4.43. The molecule has 0 aliphatic carbocycles. The highest BCUT2D eigenvalue weighted by Crippen LogP contribution is 2.24. The van der Waals surface area contributed by atoms with E-state index >= 15 is 0 Å². The second-order valence-electron chi connectivity index (χ2n) is 3.47. The lowest BCUT2D eigenvalue weighted by molar-refractivity contribution is 0.568. The van der Waals surface area contributed by atoms with Crippen molar-refractivity contribution < 1.29 is 8.83 Å². The standard InChI is InChI=1S/C11H9NO2/c1-6-3-8-10(13-6)5-11-9(12-8)4-7(2)14-11/h3-5H,1-2H3. The van der Waals surface area contributed by atoms with Crippen LogP contribution in [0.15, 0.2) is 27.0 Å². The Morgan fingerprint density at radius 3 is 1.86 bits per heavy atom. The van der Waals surface area contributed by atoms with Crippen molar-refractivity contribution >= 4 is 22.2 Å². The van der Waals surface area contributed by atoms with Gasteiger partial charge in [-0.25, -0.2) is 4.98 Å². The maximum atomic E-state index is 5.46. The minimum atomic E-state index is 0.782. The molecule has 0 spiro atoms. The topological polar surface area (TPSA) is 39.2 Å². The van der Waals surface area contributed by atoms with Crippen molar-refractivity contribution in [2.75, 3.05) is 0 Å². The summed E-state index contributed by atoms with van der Waals surface area (Å²) < 4.78 is 10.9. The Hall–Kier alpha value is -1.77. The fourth-order valence-electron chi connectivity index (χ4n) is 1.67. The van der Waals surface area contributed by atoms with Crippen molar-refractivity contribution in [1.82, 2.24) is 4.98 Å². The molecule has 0 N–H and O–H groups in total. The van der Waals surface area contributed by atoms with Gasteiger partial charge < -0.3 is 8.83 Å².